The Kier molecular flexibility index (Phi) is 5.11. The first-order chi connectivity index (χ1) is 12.7. The van der Waals surface area contributed by atoms with Gasteiger partial charge in [0.1, 0.15) is 11.7 Å². The van der Waals surface area contributed by atoms with Crippen molar-refractivity contribution in [3.8, 4) is 5.88 Å². The van der Waals surface area contributed by atoms with Gasteiger partial charge in [-0.15, -0.1) is 0 Å². The highest BCUT2D eigenvalue weighted by molar-refractivity contribution is 5.77. The van der Waals surface area contributed by atoms with E-state index in [4.69, 9.17) is 9.47 Å². The normalized spacial score (nSPS) is 15.6. The van der Waals surface area contributed by atoms with Gasteiger partial charge in [-0.2, -0.15) is 0 Å². The second-order valence-corrected chi connectivity index (χ2v) is 7.42. The quantitative estimate of drug-likeness (QED) is 0.599. The monoisotopic (exact) mass is 374 g/mol. The Morgan fingerprint density at radius 2 is 1.96 bits per heavy atom. The summed E-state index contributed by atoms with van der Waals surface area (Å²) in [6, 6.07) is 4.32. The highest BCUT2D eigenvalue weighted by Gasteiger charge is 2.27. The van der Waals surface area contributed by atoms with Crippen LogP contribution in [0.3, 0.4) is 0 Å². The van der Waals surface area contributed by atoms with E-state index in [1.807, 2.05) is 20.8 Å². The van der Waals surface area contributed by atoms with Gasteiger partial charge in [-0.1, -0.05) is 0 Å². The van der Waals surface area contributed by atoms with Crippen LogP contribution in [0.15, 0.2) is 24.4 Å². The molecule has 27 heavy (non-hydrogen) atoms. The first-order valence-corrected chi connectivity index (χ1v) is 8.77. The molecule has 3 rings (SSSR count). The molecular formula is C18H22N4O5. The highest BCUT2D eigenvalue weighted by atomic mass is 16.6. The number of amides is 1. The number of nitrogens with zero attached hydrogens (tertiary/aromatic N) is 4. The Morgan fingerprint density at radius 1 is 1.26 bits per heavy atom. The van der Waals surface area contributed by atoms with Gasteiger partial charge in [0.05, 0.1) is 22.2 Å². The van der Waals surface area contributed by atoms with Crippen molar-refractivity contribution in [1.82, 2.24) is 14.9 Å². The number of non-ortho nitro benzene ring substituents is 1. The van der Waals surface area contributed by atoms with Gasteiger partial charge in [0, 0.05) is 38.1 Å². The van der Waals surface area contributed by atoms with E-state index in [-0.39, 0.29) is 17.9 Å². The van der Waals surface area contributed by atoms with E-state index in [9.17, 15) is 14.9 Å². The molecule has 1 aromatic carbocycles. The maximum absolute atomic E-state index is 12.1. The fourth-order valence-electron chi connectivity index (χ4n) is 2.81. The molecule has 1 aliphatic rings. The zero-order valence-corrected chi connectivity index (χ0v) is 15.5. The fraction of sp³-hybridized carbons (Fsp3) is 0.500. The number of benzene rings is 1. The van der Waals surface area contributed by atoms with Crippen LogP contribution < -0.4 is 4.74 Å². The third-order valence-corrected chi connectivity index (χ3v) is 4.10. The van der Waals surface area contributed by atoms with Gasteiger partial charge >= 0.3 is 6.09 Å². The number of ether oxygens (including phenoxy) is 2. The summed E-state index contributed by atoms with van der Waals surface area (Å²) in [4.78, 5) is 32.7. The minimum atomic E-state index is -0.514. The van der Waals surface area contributed by atoms with E-state index in [1.165, 1.54) is 18.3 Å². The number of aromatic nitrogens is 2. The Hall–Kier alpha value is -2.97. The molecule has 144 valence electrons. The molecule has 1 saturated heterocycles. The van der Waals surface area contributed by atoms with Gasteiger partial charge < -0.3 is 14.4 Å². The molecule has 1 aliphatic heterocycles. The summed E-state index contributed by atoms with van der Waals surface area (Å²) < 4.78 is 11.3. The predicted octanol–water partition coefficient (Wildman–Crippen LogP) is 3.32. The van der Waals surface area contributed by atoms with E-state index < -0.39 is 10.5 Å². The number of piperidine rings is 1. The third-order valence-electron chi connectivity index (χ3n) is 4.10. The van der Waals surface area contributed by atoms with Crippen molar-refractivity contribution < 1.29 is 19.2 Å². The molecule has 0 saturated carbocycles. The van der Waals surface area contributed by atoms with E-state index in [0.29, 0.717) is 42.8 Å². The minimum absolute atomic E-state index is 0.0278. The number of hydrogen-bond donors (Lipinski definition) is 0. The number of rotatable bonds is 3. The molecule has 9 heteroatoms. The Morgan fingerprint density at radius 3 is 2.59 bits per heavy atom. The minimum Gasteiger partial charge on any atom is -0.473 e. The average Bonchev–Trinajstić information content (AvgIpc) is 2.60. The third kappa shape index (κ3) is 4.81. The van der Waals surface area contributed by atoms with Gasteiger partial charge in [0.15, 0.2) is 0 Å². The second kappa shape index (κ2) is 7.34. The predicted molar refractivity (Wildman–Crippen MR) is 97.6 cm³/mol. The molecule has 9 nitrogen and oxygen atoms in total. The molecule has 2 aromatic rings. The van der Waals surface area contributed by atoms with Crippen LogP contribution >= 0.6 is 0 Å². The van der Waals surface area contributed by atoms with Gasteiger partial charge in [-0.25, -0.2) is 14.8 Å². The van der Waals surface area contributed by atoms with Gasteiger partial charge in [0.25, 0.3) is 5.69 Å². The summed E-state index contributed by atoms with van der Waals surface area (Å²) >= 11 is 0. The molecule has 0 aliphatic carbocycles. The lowest BCUT2D eigenvalue weighted by atomic mass is 10.1. The molecular weight excluding hydrogens is 352 g/mol. The van der Waals surface area contributed by atoms with Crippen molar-refractivity contribution in [3.05, 3.63) is 34.5 Å². The van der Waals surface area contributed by atoms with E-state index in [1.54, 1.807) is 11.0 Å². The summed E-state index contributed by atoms with van der Waals surface area (Å²) in [6.45, 7) is 6.62. The lowest BCUT2D eigenvalue weighted by molar-refractivity contribution is -0.384. The molecule has 0 atom stereocenters. The molecule has 0 unspecified atom stereocenters. The largest absolute Gasteiger partial charge is 0.473 e. The van der Waals surface area contributed by atoms with Crippen LogP contribution in [0.1, 0.15) is 33.6 Å². The number of nitro groups is 1. The van der Waals surface area contributed by atoms with Crippen LogP contribution in [0, 0.1) is 10.1 Å². The molecule has 2 heterocycles. The van der Waals surface area contributed by atoms with E-state index in [0.717, 1.165) is 0 Å². The van der Waals surface area contributed by atoms with Crippen molar-refractivity contribution in [2.75, 3.05) is 13.1 Å². The molecule has 0 N–H and O–H groups in total. The molecule has 0 bridgehead atoms. The molecule has 1 aromatic heterocycles. The lowest BCUT2D eigenvalue weighted by Gasteiger charge is -2.33. The standard InChI is InChI=1S/C18H22N4O5/c1-18(2,3)27-17(23)21-8-6-13(7-9-21)26-16-11-19-15-10-12(22(24)25)4-5-14(15)20-16/h4-5,10-11,13H,6-9H2,1-3H3. The Labute approximate surface area is 156 Å². The topological polar surface area (TPSA) is 108 Å². The Balaban J connectivity index is 1.59. The fourth-order valence-corrected chi connectivity index (χ4v) is 2.81. The van der Waals surface area contributed by atoms with Crippen molar-refractivity contribution in [1.29, 1.82) is 0 Å². The summed E-state index contributed by atoms with van der Waals surface area (Å²) in [5.41, 5.74) is 0.431. The van der Waals surface area contributed by atoms with Crippen LogP contribution in [-0.4, -0.2) is 50.7 Å². The van der Waals surface area contributed by atoms with Crippen molar-refractivity contribution in [2.45, 2.75) is 45.3 Å². The second-order valence-electron chi connectivity index (χ2n) is 7.42. The Bertz CT molecular complexity index is 856. The first-order valence-electron chi connectivity index (χ1n) is 8.77. The van der Waals surface area contributed by atoms with Crippen molar-refractivity contribution in [2.24, 2.45) is 0 Å². The summed E-state index contributed by atoms with van der Waals surface area (Å²) in [5, 5.41) is 10.8. The number of likely N-dealkylation sites (tertiary alicyclic amines) is 1. The average molecular weight is 374 g/mol. The smallest absolute Gasteiger partial charge is 0.410 e. The summed E-state index contributed by atoms with van der Waals surface area (Å²) in [6.07, 6.45) is 2.41. The maximum atomic E-state index is 12.1. The van der Waals surface area contributed by atoms with Crippen LogP contribution in [0.4, 0.5) is 10.5 Å². The highest BCUT2D eigenvalue weighted by Crippen LogP contribution is 2.22. The maximum Gasteiger partial charge on any atom is 0.410 e. The van der Waals surface area contributed by atoms with E-state index in [2.05, 4.69) is 9.97 Å². The number of fused-ring (bicyclic) bond motifs is 1. The number of hydrogen-bond acceptors (Lipinski definition) is 7. The number of carbonyl (C=O) groups is 1. The first kappa shape index (κ1) is 18.8. The lowest BCUT2D eigenvalue weighted by Crippen LogP contribution is -2.44. The number of nitro benzene ring substituents is 1. The van der Waals surface area contributed by atoms with Crippen molar-refractivity contribution in [3.63, 3.8) is 0 Å². The molecule has 0 spiro atoms. The van der Waals surface area contributed by atoms with Gasteiger partial charge in [-0.3, -0.25) is 10.1 Å². The molecule has 1 fully saturated rings. The summed E-state index contributed by atoms with van der Waals surface area (Å²) in [5.74, 6) is 0.368. The van der Waals surface area contributed by atoms with Gasteiger partial charge in [0.2, 0.25) is 5.88 Å². The van der Waals surface area contributed by atoms with Crippen LogP contribution in [0.25, 0.3) is 11.0 Å². The van der Waals surface area contributed by atoms with Crippen molar-refractivity contribution >= 4 is 22.8 Å². The van der Waals surface area contributed by atoms with E-state index >= 15 is 0 Å². The molecule has 0 radical (unpaired) electrons. The molecule has 1 amide bonds. The van der Waals surface area contributed by atoms with Gasteiger partial charge in [-0.05, 0) is 26.8 Å². The van der Waals surface area contributed by atoms with Crippen LogP contribution in [-0.2, 0) is 4.74 Å². The zero-order chi connectivity index (χ0) is 19.6. The number of carbonyl (C=O) groups excluding carboxylic acids is 1. The van der Waals surface area contributed by atoms with Crippen LogP contribution in [0.5, 0.6) is 5.88 Å². The SMILES string of the molecule is CC(C)(C)OC(=O)N1CCC(Oc2cnc3cc([N+](=O)[O-])ccc3n2)CC1. The zero-order valence-electron chi connectivity index (χ0n) is 15.5. The van der Waals surface area contributed by atoms with Crippen LogP contribution in [0.2, 0.25) is 0 Å². The summed E-state index contributed by atoms with van der Waals surface area (Å²) in [7, 11) is 0.